The van der Waals surface area contributed by atoms with Crippen LogP contribution < -0.4 is 5.32 Å². The van der Waals surface area contributed by atoms with E-state index in [1.165, 1.54) is 25.7 Å². The molecule has 2 unspecified atom stereocenters. The number of aromatic nitrogens is 2. The Kier molecular flexibility index (Phi) is 7.81. The van der Waals surface area contributed by atoms with Crippen molar-refractivity contribution in [1.29, 1.82) is 0 Å². The SMILES string of the molecule is COC(=O)C(Cc1cnc[nH]1)NC(=O)CCCCC1CCSS1. The summed E-state index contributed by atoms with van der Waals surface area (Å²) in [6, 6.07) is -0.672. The average molecular weight is 358 g/mol. The quantitative estimate of drug-likeness (QED) is 0.401. The molecule has 0 aromatic carbocycles. The summed E-state index contributed by atoms with van der Waals surface area (Å²) in [7, 11) is 5.23. The number of hydrogen-bond acceptors (Lipinski definition) is 6. The summed E-state index contributed by atoms with van der Waals surface area (Å²) in [5, 5.41) is 3.51. The molecule has 8 heteroatoms. The van der Waals surface area contributed by atoms with Crippen LogP contribution in [0.5, 0.6) is 0 Å². The molecule has 2 heterocycles. The summed E-state index contributed by atoms with van der Waals surface area (Å²) in [4.78, 5) is 30.7. The van der Waals surface area contributed by atoms with Crippen LogP contribution in [0.3, 0.4) is 0 Å². The van der Waals surface area contributed by atoms with Crippen LogP contribution in [0.2, 0.25) is 0 Å². The number of esters is 1. The molecular formula is C15H23N3O3S2. The number of methoxy groups -OCH3 is 1. The van der Waals surface area contributed by atoms with Gasteiger partial charge in [-0.1, -0.05) is 28.0 Å². The van der Waals surface area contributed by atoms with Crippen molar-refractivity contribution in [3.8, 4) is 0 Å². The molecule has 0 spiro atoms. The number of nitrogens with zero attached hydrogens (tertiary/aromatic N) is 1. The fourth-order valence-electron chi connectivity index (χ4n) is 2.44. The van der Waals surface area contributed by atoms with Crippen LogP contribution in [0, 0.1) is 0 Å². The molecule has 1 aromatic rings. The molecule has 2 N–H and O–H groups in total. The van der Waals surface area contributed by atoms with Gasteiger partial charge in [0, 0.05) is 35.7 Å². The minimum atomic E-state index is -0.672. The van der Waals surface area contributed by atoms with Crippen LogP contribution in [0.4, 0.5) is 0 Å². The number of aromatic amines is 1. The lowest BCUT2D eigenvalue weighted by molar-refractivity contribution is -0.145. The summed E-state index contributed by atoms with van der Waals surface area (Å²) in [5.41, 5.74) is 0.788. The highest BCUT2D eigenvalue weighted by Crippen LogP contribution is 2.39. The number of nitrogens with one attached hydrogen (secondary N) is 2. The number of carbonyl (C=O) groups excluding carboxylic acids is 2. The van der Waals surface area contributed by atoms with Crippen LogP contribution in [-0.4, -0.2) is 46.0 Å². The Hall–Kier alpha value is -1.15. The van der Waals surface area contributed by atoms with Crippen molar-refractivity contribution in [3.63, 3.8) is 0 Å². The van der Waals surface area contributed by atoms with E-state index in [0.29, 0.717) is 12.8 Å². The normalized spacial score (nSPS) is 18.6. The molecule has 2 rings (SSSR count). The Balaban J connectivity index is 1.70. The van der Waals surface area contributed by atoms with Crippen molar-refractivity contribution < 1.29 is 14.3 Å². The van der Waals surface area contributed by atoms with Gasteiger partial charge in [-0.15, -0.1) is 0 Å². The van der Waals surface area contributed by atoms with E-state index in [0.717, 1.165) is 23.8 Å². The van der Waals surface area contributed by atoms with Gasteiger partial charge in [-0.05, 0) is 19.3 Å². The number of ether oxygens (including phenoxy) is 1. The second kappa shape index (κ2) is 9.87. The zero-order valence-electron chi connectivity index (χ0n) is 13.2. The first-order valence-electron chi connectivity index (χ1n) is 7.81. The summed E-state index contributed by atoms with van der Waals surface area (Å²) in [6.45, 7) is 0. The molecule has 128 valence electrons. The van der Waals surface area contributed by atoms with Crippen molar-refractivity contribution in [1.82, 2.24) is 15.3 Å². The zero-order valence-corrected chi connectivity index (χ0v) is 14.9. The predicted octanol–water partition coefficient (Wildman–Crippen LogP) is 2.32. The maximum Gasteiger partial charge on any atom is 0.328 e. The third-order valence-corrected chi connectivity index (χ3v) is 6.71. The third-order valence-electron chi connectivity index (χ3n) is 3.71. The molecule has 1 aromatic heterocycles. The molecule has 0 saturated carbocycles. The van der Waals surface area contributed by atoms with E-state index in [1.54, 1.807) is 12.5 Å². The standard InChI is InChI=1S/C15H23N3O3S2/c1-21-15(20)13(8-11-9-16-10-17-11)18-14(19)5-3-2-4-12-6-7-22-23-12/h9-10,12-13H,2-8H2,1H3,(H,16,17)(H,18,19). The maximum absolute atomic E-state index is 12.0. The number of imidazole rings is 1. The maximum atomic E-state index is 12.0. The minimum Gasteiger partial charge on any atom is -0.467 e. The van der Waals surface area contributed by atoms with Gasteiger partial charge in [0.2, 0.25) is 5.91 Å². The van der Waals surface area contributed by atoms with Crippen LogP contribution in [0.1, 0.15) is 37.8 Å². The van der Waals surface area contributed by atoms with Crippen LogP contribution in [-0.2, 0) is 20.7 Å². The fraction of sp³-hybridized carbons (Fsp3) is 0.667. The Labute approximate surface area is 144 Å². The average Bonchev–Trinajstić information content (AvgIpc) is 3.23. The second-order valence-corrected chi connectivity index (χ2v) is 8.29. The summed E-state index contributed by atoms with van der Waals surface area (Å²) < 4.78 is 4.76. The van der Waals surface area contributed by atoms with Crippen molar-refractivity contribution >= 4 is 33.5 Å². The van der Waals surface area contributed by atoms with Gasteiger partial charge in [-0.25, -0.2) is 9.78 Å². The van der Waals surface area contributed by atoms with E-state index in [1.807, 2.05) is 21.6 Å². The largest absolute Gasteiger partial charge is 0.467 e. The second-order valence-electron chi connectivity index (χ2n) is 5.50. The van der Waals surface area contributed by atoms with Gasteiger partial charge in [0.1, 0.15) is 6.04 Å². The first kappa shape index (κ1) is 18.2. The molecule has 23 heavy (non-hydrogen) atoms. The first-order valence-corrected chi connectivity index (χ1v) is 10.2. The van der Waals surface area contributed by atoms with Crippen molar-refractivity contribution in [3.05, 3.63) is 18.2 Å². The van der Waals surface area contributed by atoms with Crippen molar-refractivity contribution in [2.24, 2.45) is 0 Å². The Morgan fingerprint density at radius 2 is 2.39 bits per heavy atom. The third kappa shape index (κ3) is 6.47. The fourth-order valence-corrected chi connectivity index (χ4v) is 5.47. The highest BCUT2D eigenvalue weighted by Gasteiger charge is 2.22. The highest BCUT2D eigenvalue weighted by atomic mass is 33.1. The molecule has 0 bridgehead atoms. The van der Waals surface area contributed by atoms with Gasteiger partial charge in [-0.2, -0.15) is 0 Å². The number of rotatable bonds is 9. The van der Waals surface area contributed by atoms with Gasteiger partial charge in [0.25, 0.3) is 0 Å². The van der Waals surface area contributed by atoms with E-state index in [2.05, 4.69) is 15.3 Å². The molecular weight excluding hydrogens is 334 g/mol. The van der Waals surface area contributed by atoms with E-state index in [-0.39, 0.29) is 5.91 Å². The Bertz CT molecular complexity index is 490. The molecule has 1 saturated heterocycles. The van der Waals surface area contributed by atoms with Gasteiger partial charge < -0.3 is 15.0 Å². The Morgan fingerprint density at radius 3 is 3.04 bits per heavy atom. The van der Waals surface area contributed by atoms with Gasteiger partial charge in [0.15, 0.2) is 0 Å². The lowest BCUT2D eigenvalue weighted by Crippen LogP contribution is -2.43. The monoisotopic (exact) mass is 357 g/mol. The molecule has 1 aliphatic rings. The summed E-state index contributed by atoms with van der Waals surface area (Å²) >= 11 is 0. The summed E-state index contributed by atoms with van der Waals surface area (Å²) in [6.07, 6.45) is 8.33. The smallest absolute Gasteiger partial charge is 0.328 e. The van der Waals surface area contributed by atoms with E-state index in [4.69, 9.17) is 4.74 Å². The molecule has 1 fully saturated rings. The number of hydrogen-bond donors (Lipinski definition) is 2. The molecule has 2 atom stereocenters. The summed E-state index contributed by atoms with van der Waals surface area (Å²) in [5.74, 6) is 0.699. The van der Waals surface area contributed by atoms with Crippen LogP contribution in [0.25, 0.3) is 0 Å². The lowest BCUT2D eigenvalue weighted by atomic mass is 10.1. The molecule has 1 amide bonds. The predicted molar refractivity (Wildman–Crippen MR) is 93.2 cm³/mol. The van der Waals surface area contributed by atoms with Gasteiger partial charge >= 0.3 is 5.97 Å². The lowest BCUT2D eigenvalue weighted by Gasteiger charge is -2.16. The number of amides is 1. The number of H-pyrrole nitrogens is 1. The molecule has 0 aliphatic carbocycles. The minimum absolute atomic E-state index is 0.103. The van der Waals surface area contributed by atoms with Crippen LogP contribution >= 0.6 is 21.6 Å². The van der Waals surface area contributed by atoms with Crippen molar-refractivity contribution in [2.75, 3.05) is 12.9 Å². The number of unbranched alkanes of at least 4 members (excludes halogenated alkanes) is 1. The number of carbonyl (C=O) groups is 2. The highest BCUT2D eigenvalue weighted by molar-refractivity contribution is 8.77. The molecule has 6 nitrogen and oxygen atoms in total. The van der Waals surface area contributed by atoms with E-state index >= 15 is 0 Å². The first-order chi connectivity index (χ1) is 11.2. The van der Waals surface area contributed by atoms with Crippen molar-refractivity contribution in [2.45, 2.75) is 49.8 Å². The van der Waals surface area contributed by atoms with E-state index < -0.39 is 12.0 Å². The molecule has 0 radical (unpaired) electrons. The topological polar surface area (TPSA) is 84.1 Å². The van der Waals surface area contributed by atoms with Gasteiger partial charge in [0.05, 0.1) is 13.4 Å². The zero-order chi connectivity index (χ0) is 16.5. The Morgan fingerprint density at radius 1 is 1.52 bits per heavy atom. The molecule has 1 aliphatic heterocycles. The van der Waals surface area contributed by atoms with E-state index in [9.17, 15) is 9.59 Å². The van der Waals surface area contributed by atoms with Gasteiger partial charge in [-0.3, -0.25) is 4.79 Å². The van der Waals surface area contributed by atoms with Crippen LogP contribution in [0.15, 0.2) is 12.5 Å².